The molecule has 0 atom stereocenters. The van der Waals surface area contributed by atoms with E-state index in [0.29, 0.717) is 0 Å². The second-order valence-corrected chi connectivity index (χ2v) is 3.59. The Morgan fingerprint density at radius 3 is 2.62 bits per heavy atom. The molecule has 0 saturated carbocycles. The van der Waals surface area contributed by atoms with Gasteiger partial charge in [0.05, 0.1) is 0 Å². The van der Waals surface area contributed by atoms with Gasteiger partial charge in [-0.3, -0.25) is 0 Å². The molecule has 0 aliphatic rings. The van der Waals surface area contributed by atoms with Crippen LogP contribution < -0.4 is 10.6 Å². The van der Waals surface area contributed by atoms with Gasteiger partial charge in [0, 0.05) is 24.7 Å². The predicted molar refractivity (Wildman–Crippen MR) is 61.3 cm³/mol. The fourth-order valence-electron chi connectivity index (χ4n) is 1.03. The fourth-order valence-corrected chi connectivity index (χ4v) is 1.37. The molecule has 1 aromatic rings. The molecule has 1 aromatic carbocycles. The maximum absolute atomic E-state index is 3.33. The zero-order valence-electron chi connectivity index (χ0n) is 7.92. The molecule has 0 unspecified atom stereocenters. The molecule has 0 aliphatic carbocycles. The van der Waals surface area contributed by atoms with Crippen LogP contribution in [0.15, 0.2) is 30.3 Å². The Kier molecular flexibility index (Phi) is 5.45. The van der Waals surface area contributed by atoms with E-state index in [9.17, 15) is 0 Å². The van der Waals surface area contributed by atoms with Crippen LogP contribution in [0.3, 0.4) is 0 Å². The van der Waals surface area contributed by atoms with Gasteiger partial charge in [-0.2, -0.15) is 0 Å². The number of benzene rings is 1. The molecule has 1 rings (SSSR count). The summed E-state index contributed by atoms with van der Waals surface area (Å²) in [5.41, 5.74) is 1.19. The summed E-state index contributed by atoms with van der Waals surface area (Å²) in [6.07, 6.45) is 2.09. The minimum absolute atomic E-state index is 0.977. The minimum atomic E-state index is 0.977. The molecular formula is C10H16N2S. The largest absolute Gasteiger partial charge is 0.384 e. The second kappa shape index (κ2) is 6.80. The van der Waals surface area contributed by atoms with Crippen molar-refractivity contribution >= 4 is 17.4 Å². The van der Waals surface area contributed by atoms with Crippen molar-refractivity contribution in [3.05, 3.63) is 30.3 Å². The highest BCUT2D eigenvalue weighted by molar-refractivity contribution is 7.98. The summed E-state index contributed by atoms with van der Waals surface area (Å²) >= 11 is 1.81. The first-order chi connectivity index (χ1) is 6.43. The average molecular weight is 196 g/mol. The molecule has 3 heteroatoms. The molecule has 0 aliphatic heterocycles. The zero-order chi connectivity index (χ0) is 9.36. The van der Waals surface area contributed by atoms with Gasteiger partial charge in [0.2, 0.25) is 0 Å². The molecule has 13 heavy (non-hydrogen) atoms. The normalized spacial score (nSPS) is 9.92. The Bertz CT molecular complexity index is 213. The van der Waals surface area contributed by atoms with Crippen molar-refractivity contribution in [1.82, 2.24) is 5.32 Å². The summed E-state index contributed by atoms with van der Waals surface area (Å²) in [6, 6.07) is 10.3. The number of para-hydroxylation sites is 1. The molecule has 0 fully saturated rings. The van der Waals surface area contributed by atoms with E-state index in [2.05, 4.69) is 29.0 Å². The standard InChI is InChI=1S/C10H16N2S/c1-13-9-11-7-8-12-10-5-3-2-4-6-10/h2-6,11-12H,7-9H2,1H3. The van der Waals surface area contributed by atoms with Crippen molar-refractivity contribution < 1.29 is 0 Å². The summed E-state index contributed by atoms with van der Waals surface area (Å²) < 4.78 is 0. The summed E-state index contributed by atoms with van der Waals surface area (Å²) in [5, 5.41) is 6.64. The van der Waals surface area contributed by atoms with Crippen LogP contribution in [0.4, 0.5) is 5.69 Å². The zero-order valence-corrected chi connectivity index (χ0v) is 8.73. The quantitative estimate of drug-likeness (QED) is 0.537. The maximum atomic E-state index is 3.33. The number of hydrogen-bond acceptors (Lipinski definition) is 3. The van der Waals surface area contributed by atoms with Crippen LogP contribution >= 0.6 is 11.8 Å². The van der Waals surface area contributed by atoms with E-state index in [4.69, 9.17) is 0 Å². The predicted octanol–water partition coefficient (Wildman–Crippen LogP) is 2.01. The topological polar surface area (TPSA) is 24.1 Å². The van der Waals surface area contributed by atoms with Crippen molar-refractivity contribution in [3.63, 3.8) is 0 Å². The van der Waals surface area contributed by atoms with Gasteiger partial charge >= 0.3 is 0 Å². The number of hydrogen-bond donors (Lipinski definition) is 2. The van der Waals surface area contributed by atoms with Gasteiger partial charge < -0.3 is 10.6 Å². The summed E-state index contributed by atoms with van der Waals surface area (Å²) in [4.78, 5) is 0. The van der Waals surface area contributed by atoms with Crippen LogP contribution in [0.5, 0.6) is 0 Å². The average Bonchev–Trinajstić information content (AvgIpc) is 2.19. The smallest absolute Gasteiger partial charge is 0.0415 e. The lowest BCUT2D eigenvalue weighted by Crippen LogP contribution is -2.21. The van der Waals surface area contributed by atoms with Crippen molar-refractivity contribution in [2.75, 3.05) is 30.5 Å². The second-order valence-electron chi connectivity index (χ2n) is 2.73. The lowest BCUT2D eigenvalue weighted by molar-refractivity contribution is 0.805. The molecule has 0 heterocycles. The van der Waals surface area contributed by atoms with Gasteiger partial charge in [0.15, 0.2) is 0 Å². The molecule has 0 saturated heterocycles. The first kappa shape index (κ1) is 10.4. The Labute approximate surface area is 84.1 Å². The monoisotopic (exact) mass is 196 g/mol. The van der Waals surface area contributed by atoms with Crippen molar-refractivity contribution in [3.8, 4) is 0 Å². The van der Waals surface area contributed by atoms with E-state index in [-0.39, 0.29) is 0 Å². The van der Waals surface area contributed by atoms with Gasteiger partial charge in [-0.25, -0.2) is 0 Å². The molecule has 0 spiro atoms. The van der Waals surface area contributed by atoms with Gasteiger partial charge in [-0.1, -0.05) is 18.2 Å². The van der Waals surface area contributed by atoms with E-state index in [1.54, 1.807) is 0 Å². The third-order valence-corrected chi connectivity index (χ3v) is 2.14. The molecular weight excluding hydrogens is 180 g/mol. The third-order valence-electron chi connectivity index (χ3n) is 1.65. The van der Waals surface area contributed by atoms with Crippen molar-refractivity contribution in [2.45, 2.75) is 0 Å². The highest BCUT2D eigenvalue weighted by Crippen LogP contribution is 2.03. The first-order valence-corrected chi connectivity index (χ1v) is 5.81. The highest BCUT2D eigenvalue weighted by Gasteiger charge is 1.88. The van der Waals surface area contributed by atoms with E-state index in [1.165, 1.54) is 5.69 Å². The first-order valence-electron chi connectivity index (χ1n) is 4.42. The van der Waals surface area contributed by atoms with Crippen LogP contribution in [0.2, 0.25) is 0 Å². The number of nitrogens with one attached hydrogen (secondary N) is 2. The van der Waals surface area contributed by atoms with Gasteiger partial charge in [0.25, 0.3) is 0 Å². The lowest BCUT2D eigenvalue weighted by Gasteiger charge is -2.06. The Morgan fingerprint density at radius 1 is 1.15 bits per heavy atom. The van der Waals surface area contributed by atoms with Gasteiger partial charge in [-0.05, 0) is 18.4 Å². The molecule has 0 aromatic heterocycles. The van der Waals surface area contributed by atoms with Crippen molar-refractivity contribution in [1.29, 1.82) is 0 Å². The molecule has 72 valence electrons. The van der Waals surface area contributed by atoms with Crippen molar-refractivity contribution in [2.24, 2.45) is 0 Å². The molecule has 0 radical (unpaired) electrons. The summed E-state index contributed by atoms with van der Waals surface area (Å²) in [6.45, 7) is 1.99. The molecule has 0 amide bonds. The van der Waals surface area contributed by atoms with Gasteiger partial charge in [-0.15, -0.1) is 11.8 Å². The summed E-state index contributed by atoms with van der Waals surface area (Å²) in [5.74, 6) is 1.02. The van der Waals surface area contributed by atoms with Gasteiger partial charge in [0.1, 0.15) is 0 Å². The number of thioether (sulfide) groups is 1. The van der Waals surface area contributed by atoms with E-state index < -0.39 is 0 Å². The minimum Gasteiger partial charge on any atom is -0.384 e. The van der Waals surface area contributed by atoms with Crippen LogP contribution in [-0.4, -0.2) is 25.2 Å². The molecule has 0 bridgehead atoms. The molecule has 2 nitrogen and oxygen atoms in total. The maximum Gasteiger partial charge on any atom is 0.0415 e. The van der Waals surface area contributed by atoms with Crippen LogP contribution in [0.25, 0.3) is 0 Å². The Morgan fingerprint density at radius 2 is 1.92 bits per heavy atom. The third kappa shape index (κ3) is 4.80. The fraction of sp³-hybridized carbons (Fsp3) is 0.400. The molecule has 2 N–H and O–H groups in total. The number of anilines is 1. The highest BCUT2D eigenvalue weighted by atomic mass is 32.2. The Hall–Kier alpha value is -0.670. The van der Waals surface area contributed by atoms with Crippen LogP contribution in [0.1, 0.15) is 0 Å². The lowest BCUT2D eigenvalue weighted by atomic mass is 10.3. The number of rotatable bonds is 6. The van der Waals surface area contributed by atoms with E-state index in [1.807, 2.05) is 30.0 Å². The van der Waals surface area contributed by atoms with Crippen LogP contribution in [-0.2, 0) is 0 Å². The SMILES string of the molecule is CSCNCCNc1ccccc1. The van der Waals surface area contributed by atoms with E-state index >= 15 is 0 Å². The van der Waals surface area contributed by atoms with Crippen LogP contribution in [0, 0.1) is 0 Å². The Balaban J connectivity index is 2.07. The van der Waals surface area contributed by atoms with E-state index in [0.717, 1.165) is 19.0 Å². The summed E-state index contributed by atoms with van der Waals surface area (Å²) in [7, 11) is 0.